The molecule has 8 nitrogen and oxygen atoms in total. The number of non-ortho nitro benzene ring substituents is 1. The smallest absolute Gasteiger partial charge is 0.270 e. The Bertz CT molecular complexity index is 1190. The molecule has 0 aliphatic carbocycles. The van der Waals surface area contributed by atoms with E-state index in [1.54, 1.807) is 24.4 Å². The maximum absolute atomic E-state index is 10.9. The largest absolute Gasteiger partial charge is 0.415 e. The summed E-state index contributed by atoms with van der Waals surface area (Å²) < 4.78 is 5.53. The van der Waals surface area contributed by atoms with Crippen LogP contribution in [0.15, 0.2) is 59.1 Å². The van der Waals surface area contributed by atoms with Gasteiger partial charge in [-0.2, -0.15) is 0 Å². The van der Waals surface area contributed by atoms with Crippen molar-refractivity contribution in [2.75, 3.05) is 0 Å². The van der Waals surface area contributed by atoms with Crippen LogP contribution in [0.25, 0.3) is 33.6 Å². The molecule has 0 aliphatic heterocycles. The molecule has 2 aromatic heterocycles. The predicted octanol–water partition coefficient (Wildman–Crippen LogP) is 4.32. The van der Waals surface area contributed by atoms with E-state index in [1.165, 1.54) is 12.1 Å². The van der Waals surface area contributed by atoms with E-state index in [2.05, 4.69) is 20.2 Å². The molecule has 0 amide bonds. The van der Waals surface area contributed by atoms with Crippen molar-refractivity contribution < 1.29 is 9.34 Å². The third-order valence-electron chi connectivity index (χ3n) is 3.68. The standard InChI is InChI=1S/C18H10ClN5O3/c19-14(9-12-10-20-15-6-1-2-7-16(15)21-12)18-23-22-17(27-18)11-4-3-5-13(8-11)24(25)26/h1-10H/b14-9-. The number of fused-ring (bicyclic) bond motifs is 1. The van der Waals surface area contributed by atoms with Crippen molar-refractivity contribution in [3.63, 3.8) is 0 Å². The molecule has 0 N–H and O–H groups in total. The average molecular weight is 380 g/mol. The van der Waals surface area contributed by atoms with E-state index in [-0.39, 0.29) is 22.5 Å². The zero-order valence-corrected chi connectivity index (χ0v) is 14.4. The zero-order valence-electron chi connectivity index (χ0n) is 13.6. The van der Waals surface area contributed by atoms with Crippen LogP contribution >= 0.6 is 11.6 Å². The summed E-state index contributed by atoms with van der Waals surface area (Å²) in [5.74, 6) is 0.206. The van der Waals surface area contributed by atoms with Crippen molar-refractivity contribution in [3.8, 4) is 11.5 Å². The maximum atomic E-state index is 10.9. The number of hydrogen-bond acceptors (Lipinski definition) is 7. The van der Waals surface area contributed by atoms with Crippen LogP contribution in [0.2, 0.25) is 0 Å². The van der Waals surface area contributed by atoms with Gasteiger partial charge < -0.3 is 4.42 Å². The summed E-state index contributed by atoms with van der Waals surface area (Å²) >= 11 is 6.26. The first kappa shape index (κ1) is 16.8. The minimum Gasteiger partial charge on any atom is -0.415 e. The number of nitrogens with zero attached hydrogens (tertiary/aromatic N) is 5. The molecule has 2 aromatic carbocycles. The summed E-state index contributed by atoms with van der Waals surface area (Å²) in [4.78, 5) is 19.2. The Balaban J connectivity index is 1.64. The minimum atomic E-state index is -0.494. The molecule has 9 heteroatoms. The number of rotatable bonds is 4. The van der Waals surface area contributed by atoms with Gasteiger partial charge in [-0.3, -0.25) is 15.1 Å². The summed E-state index contributed by atoms with van der Waals surface area (Å²) in [7, 11) is 0. The molecule has 27 heavy (non-hydrogen) atoms. The van der Waals surface area contributed by atoms with Crippen molar-refractivity contribution >= 4 is 39.4 Å². The highest BCUT2D eigenvalue weighted by molar-refractivity contribution is 6.50. The van der Waals surface area contributed by atoms with E-state index in [0.29, 0.717) is 11.3 Å². The van der Waals surface area contributed by atoms with Gasteiger partial charge in [0.25, 0.3) is 11.6 Å². The highest BCUT2D eigenvalue weighted by atomic mass is 35.5. The number of benzene rings is 2. The first-order valence-corrected chi connectivity index (χ1v) is 8.15. The first-order chi connectivity index (χ1) is 13.1. The number of halogens is 1. The molecular formula is C18H10ClN5O3. The summed E-state index contributed by atoms with van der Waals surface area (Å²) in [5.41, 5.74) is 2.40. The Hall–Kier alpha value is -3.65. The molecule has 4 aromatic rings. The van der Waals surface area contributed by atoms with Gasteiger partial charge in [0.2, 0.25) is 5.89 Å². The van der Waals surface area contributed by atoms with E-state index < -0.39 is 4.92 Å². The van der Waals surface area contributed by atoms with Gasteiger partial charge in [0.1, 0.15) is 5.03 Å². The van der Waals surface area contributed by atoms with Gasteiger partial charge in [-0.25, -0.2) is 4.98 Å². The lowest BCUT2D eigenvalue weighted by molar-refractivity contribution is -0.384. The predicted molar refractivity (Wildman–Crippen MR) is 99.7 cm³/mol. The number of nitro groups is 1. The molecule has 0 fully saturated rings. The van der Waals surface area contributed by atoms with Crippen LogP contribution in [0.5, 0.6) is 0 Å². The third kappa shape index (κ3) is 3.51. The topological polar surface area (TPSA) is 108 Å². The number of para-hydroxylation sites is 2. The zero-order chi connectivity index (χ0) is 18.8. The molecule has 0 saturated carbocycles. The fourth-order valence-corrected chi connectivity index (χ4v) is 2.61. The first-order valence-electron chi connectivity index (χ1n) is 7.78. The van der Waals surface area contributed by atoms with Crippen molar-refractivity contribution in [1.29, 1.82) is 0 Å². The summed E-state index contributed by atoms with van der Waals surface area (Å²) in [6.07, 6.45) is 3.15. The fraction of sp³-hybridized carbons (Fsp3) is 0. The van der Waals surface area contributed by atoms with Crippen molar-refractivity contribution in [2.24, 2.45) is 0 Å². The van der Waals surface area contributed by atoms with Crippen molar-refractivity contribution in [1.82, 2.24) is 20.2 Å². The Labute approximate surface area is 157 Å². The monoisotopic (exact) mass is 379 g/mol. The SMILES string of the molecule is O=[N+]([O-])c1cccc(-c2nnc(/C(Cl)=C/c3cnc4ccccc4n3)o2)c1. The second-order valence-electron chi connectivity index (χ2n) is 5.50. The molecule has 4 rings (SSSR count). The van der Waals surface area contributed by atoms with Gasteiger partial charge >= 0.3 is 0 Å². The third-order valence-corrected chi connectivity index (χ3v) is 3.95. The van der Waals surface area contributed by atoms with E-state index in [9.17, 15) is 10.1 Å². The van der Waals surface area contributed by atoms with Crippen molar-refractivity contribution in [2.45, 2.75) is 0 Å². The summed E-state index contributed by atoms with van der Waals surface area (Å²) in [5, 5.41) is 18.9. The van der Waals surface area contributed by atoms with E-state index in [1.807, 2.05) is 24.3 Å². The molecule has 0 unspecified atom stereocenters. The molecule has 0 radical (unpaired) electrons. The van der Waals surface area contributed by atoms with Crippen LogP contribution in [0.4, 0.5) is 5.69 Å². The molecule has 0 spiro atoms. The summed E-state index contributed by atoms with van der Waals surface area (Å²) in [6.45, 7) is 0. The maximum Gasteiger partial charge on any atom is 0.270 e. The highest BCUT2D eigenvalue weighted by Crippen LogP contribution is 2.27. The quantitative estimate of drug-likeness (QED) is 0.383. The highest BCUT2D eigenvalue weighted by Gasteiger charge is 2.14. The molecule has 2 heterocycles. The van der Waals surface area contributed by atoms with E-state index in [4.69, 9.17) is 16.0 Å². The van der Waals surface area contributed by atoms with Crippen LogP contribution in [-0.4, -0.2) is 25.1 Å². The Morgan fingerprint density at radius 1 is 1.11 bits per heavy atom. The molecule has 132 valence electrons. The van der Waals surface area contributed by atoms with Crippen LogP contribution in [0.3, 0.4) is 0 Å². The van der Waals surface area contributed by atoms with Crippen LogP contribution in [-0.2, 0) is 0 Å². The number of aromatic nitrogens is 4. The normalized spacial score (nSPS) is 11.7. The molecule has 0 aliphatic rings. The average Bonchev–Trinajstić information content (AvgIpc) is 3.18. The van der Waals surface area contributed by atoms with Gasteiger partial charge in [-0.1, -0.05) is 29.8 Å². The Morgan fingerprint density at radius 2 is 1.93 bits per heavy atom. The van der Waals surface area contributed by atoms with Crippen LogP contribution < -0.4 is 0 Å². The number of nitro benzene ring substituents is 1. The molecule has 0 atom stereocenters. The van der Waals surface area contributed by atoms with Gasteiger partial charge in [-0.05, 0) is 24.3 Å². The van der Waals surface area contributed by atoms with E-state index in [0.717, 1.165) is 11.0 Å². The minimum absolute atomic E-state index is 0.0691. The lowest BCUT2D eigenvalue weighted by Crippen LogP contribution is -1.88. The second-order valence-corrected chi connectivity index (χ2v) is 5.90. The van der Waals surface area contributed by atoms with Crippen LogP contribution in [0, 0.1) is 10.1 Å². The number of hydrogen-bond donors (Lipinski definition) is 0. The van der Waals surface area contributed by atoms with Gasteiger partial charge in [0.15, 0.2) is 0 Å². The Morgan fingerprint density at radius 3 is 2.74 bits per heavy atom. The molecule has 0 saturated heterocycles. The Kier molecular flexibility index (Phi) is 4.31. The second kappa shape index (κ2) is 6.93. The van der Waals surface area contributed by atoms with Gasteiger partial charge in [0.05, 0.1) is 27.8 Å². The lowest BCUT2D eigenvalue weighted by Gasteiger charge is -1.98. The lowest BCUT2D eigenvalue weighted by atomic mass is 10.2. The fourth-order valence-electron chi connectivity index (χ4n) is 2.42. The van der Waals surface area contributed by atoms with Gasteiger partial charge in [-0.15, -0.1) is 10.2 Å². The van der Waals surface area contributed by atoms with Crippen molar-refractivity contribution in [3.05, 3.63) is 76.4 Å². The van der Waals surface area contributed by atoms with Crippen LogP contribution in [0.1, 0.15) is 11.6 Å². The van der Waals surface area contributed by atoms with E-state index >= 15 is 0 Å². The summed E-state index contributed by atoms with van der Waals surface area (Å²) in [6, 6.07) is 13.4. The molecule has 0 bridgehead atoms. The molecular weight excluding hydrogens is 370 g/mol. The van der Waals surface area contributed by atoms with Gasteiger partial charge in [0, 0.05) is 17.7 Å².